The molecule has 3 N–H and O–H groups in total. The number of aromatic nitrogens is 4. The zero-order valence-corrected chi connectivity index (χ0v) is 37.7. The molecule has 2 aromatic heterocycles. The van der Waals surface area contributed by atoms with Gasteiger partial charge in [0.15, 0.2) is 17.0 Å². The minimum Gasteiger partial charge on any atom is -0.497 e. The second-order valence-corrected chi connectivity index (χ2v) is 16.3. The number of anilines is 1. The number of alkyl carbamates (subject to hydrolysis) is 1. The molecule has 9 rings (SSSR count). The molecule has 2 atom stereocenters. The van der Waals surface area contributed by atoms with Crippen LogP contribution < -0.4 is 20.1 Å². The van der Waals surface area contributed by atoms with E-state index in [0.29, 0.717) is 28.2 Å². The number of nitrogens with one attached hydrogen (secondary N) is 2. The van der Waals surface area contributed by atoms with Gasteiger partial charge in [-0.05, 0) is 87.8 Å². The Morgan fingerprint density at radius 2 is 1.31 bits per heavy atom. The highest BCUT2D eigenvalue weighted by Crippen LogP contribution is 2.45. The summed E-state index contributed by atoms with van der Waals surface area (Å²) >= 11 is 0. The highest BCUT2D eigenvalue weighted by atomic mass is 16.6. The molecule has 0 spiro atoms. The molecule has 0 radical (unpaired) electrons. The summed E-state index contributed by atoms with van der Waals surface area (Å²) in [6, 6.07) is 48.5. The topological polar surface area (TPSA) is 168 Å². The van der Waals surface area contributed by atoms with Crippen molar-refractivity contribution in [3.8, 4) is 22.6 Å². The maximum absolute atomic E-state index is 13.5. The Hall–Kier alpha value is -7.91. The van der Waals surface area contributed by atoms with Crippen molar-refractivity contribution in [3.05, 3.63) is 203 Å². The second-order valence-electron chi connectivity index (χ2n) is 16.3. The summed E-state index contributed by atoms with van der Waals surface area (Å²) in [6.45, 7) is 2.01. The highest BCUT2D eigenvalue weighted by Gasteiger charge is 2.39. The highest BCUT2D eigenvalue weighted by molar-refractivity contribution is 6.06. The molecule has 6 aromatic carbocycles. The van der Waals surface area contributed by atoms with Crippen molar-refractivity contribution in [2.75, 3.05) is 32.8 Å². The lowest BCUT2D eigenvalue weighted by Crippen LogP contribution is -2.39. The molecular weight excluding hydrogens is 861 g/mol. The number of methoxy groups -OCH3 is 2. The van der Waals surface area contributed by atoms with Gasteiger partial charge in [-0.2, -0.15) is 0 Å². The molecule has 0 fully saturated rings. The van der Waals surface area contributed by atoms with E-state index < -0.39 is 29.8 Å². The summed E-state index contributed by atoms with van der Waals surface area (Å²) < 4.78 is 31.7. The molecule has 8 aromatic rings. The normalized spacial score (nSPS) is 13.0. The number of fused-ring (bicyclic) bond motifs is 4. The Morgan fingerprint density at radius 1 is 0.721 bits per heavy atom. The van der Waals surface area contributed by atoms with E-state index in [1.54, 1.807) is 50.0 Å². The number of ether oxygens (including phenoxy) is 5. The third-order valence-corrected chi connectivity index (χ3v) is 12.2. The van der Waals surface area contributed by atoms with Gasteiger partial charge in [0.25, 0.3) is 5.91 Å². The number of carbonyl (C=O) groups is 2. The first-order valence-corrected chi connectivity index (χ1v) is 22.2. The Morgan fingerprint density at radius 3 is 1.91 bits per heavy atom. The van der Waals surface area contributed by atoms with Gasteiger partial charge >= 0.3 is 6.09 Å². The van der Waals surface area contributed by atoms with E-state index in [1.807, 2.05) is 103 Å². The minimum absolute atomic E-state index is 0.0161. The van der Waals surface area contributed by atoms with Crippen LogP contribution in [-0.4, -0.2) is 76.3 Å². The molecule has 14 heteroatoms. The van der Waals surface area contributed by atoms with Crippen LogP contribution in [0.5, 0.6) is 11.5 Å². The third-order valence-electron chi connectivity index (χ3n) is 12.2. The number of nitrogens with zero attached hydrogens (tertiary/aromatic N) is 4. The molecule has 1 unspecified atom stereocenters. The van der Waals surface area contributed by atoms with Gasteiger partial charge < -0.3 is 39.4 Å². The van der Waals surface area contributed by atoms with Gasteiger partial charge in [0.2, 0.25) is 0 Å². The average molecular weight is 911 g/mol. The van der Waals surface area contributed by atoms with Gasteiger partial charge in [0.1, 0.15) is 42.9 Å². The van der Waals surface area contributed by atoms with Crippen LogP contribution >= 0.6 is 0 Å². The molecule has 2 heterocycles. The van der Waals surface area contributed by atoms with Crippen LogP contribution in [0.15, 0.2) is 164 Å². The molecule has 68 heavy (non-hydrogen) atoms. The molecule has 0 saturated carbocycles. The van der Waals surface area contributed by atoms with Gasteiger partial charge in [-0.25, -0.2) is 19.7 Å². The zero-order valence-electron chi connectivity index (χ0n) is 37.7. The first-order valence-electron chi connectivity index (χ1n) is 22.2. The maximum Gasteiger partial charge on any atom is 0.407 e. The molecule has 1 aliphatic carbocycles. The van der Waals surface area contributed by atoms with E-state index in [-0.39, 0.29) is 38.2 Å². The number of hydrogen-bond donors (Lipinski definition) is 3. The SMILES string of the molecule is COc1ccc(C(OC[C@@H](OCn2cnc3c(NC(=O)c4ccc(CNC(=O)OCC5c6ccccc6-c6ccccc65)cc4)ncnc32)C(C)O)(c2ccccc2)c2ccc(OC)cc2)cc1. The van der Waals surface area contributed by atoms with Gasteiger partial charge in [-0.3, -0.25) is 9.36 Å². The van der Waals surface area contributed by atoms with E-state index in [4.69, 9.17) is 23.7 Å². The summed E-state index contributed by atoms with van der Waals surface area (Å²) in [5.74, 6) is 1.16. The molecule has 1 aliphatic rings. The van der Waals surface area contributed by atoms with Crippen molar-refractivity contribution < 1.29 is 38.4 Å². The standard InChI is InChI=1S/C54H50N6O8/c1-35(61)48(31-68-54(38-11-5-4-6-12-38,39-21-25-41(64-2)26-22-39)40-23-27-42(65-3)28-24-40)67-34-60-33-58-49-50(56-32-57-51(49)60)59-52(62)37-19-17-36(18-20-37)29-55-53(63)66-30-47-45-15-9-7-13-43(45)44-14-8-10-16-46(44)47/h4-28,32-33,35,47-48,61H,29-31,34H2,1-3H3,(H,55,63)(H,56,57,59,62)/t35?,48-/m1/s1. The van der Waals surface area contributed by atoms with Crippen molar-refractivity contribution in [1.29, 1.82) is 0 Å². The number of benzene rings is 6. The molecule has 0 saturated heterocycles. The van der Waals surface area contributed by atoms with E-state index in [1.165, 1.54) is 12.7 Å². The second kappa shape index (κ2) is 20.3. The van der Waals surface area contributed by atoms with Crippen LogP contribution in [-0.2, 0) is 33.1 Å². The average Bonchev–Trinajstić information content (AvgIpc) is 3.96. The fourth-order valence-electron chi connectivity index (χ4n) is 8.63. The fourth-order valence-corrected chi connectivity index (χ4v) is 8.63. The van der Waals surface area contributed by atoms with Crippen LogP contribution in [0.25, 0.3) is 22.3 Å². The number of aliphatic hydroxyl groups excluding tert-OH is 1. The number of amides is 2. The Labute approximate surface area is 393 Å². The van der Waals surface area contributed by atoms with E-state index in [9.17, 15) is 14.7 Å². The number of hydrogen-bond acceptors (Lipinski definition) is 11. The van der Waals surface area contributed by atoms with Crippen LogP contribution in [0.4, 0.5) is 10.6 Å². The van der Waals surface area contributed by atoms with Crippen LogP contribution in [0, 0.1) is 0 Å². The Kier molecular flexibility index (Phi) is 13.5. The summed E-state index contributed by atoms with van der Waals surface area (Å²) in [4.78, 5) is 39.5. The lowest BCUT2D eigenvalue weighted by Gasteiger charge is -2.37. The lowest BCUT2D eigenvalue weighted by atomic mass is 9.80. The fraction of sp³-hybridized carbons (Fsp3) is 0.204. The first-order chi connectivity index (χ1) is 33.2. The Balaban J connectivity index is 0.836. The van der Waals surface area contributed by atoms with Crippen molar-refractivity contribution in [2.24, 2.45) is 0 Å². The predicted molar refractivity (Wildman–Crippen MR) is 256 cm³/mol. The van der Waals surface area contributed by atoms with Gasteiger partial charge in [-0.1, -0.05) is 115 Å². The smallest absolute Gasteiger partial charge is 0.407 e. The van der Waals surface area contributed by atoms with Crippen molar-refractivity contribution in [3.63, 3.8) is 0 Å². The van der Waals surface area contributed by atoms with E-state index >= 15 is 0 Å². The number of aliphatic hydroxyl groups is 1. The van der Waals surface area contributed by atoms with Crippen LogP contribution in [0.2, 0.25) is 0 Å². The molecule has 2 amide bonds. The van der Waals surface area contributed by atoms with E-state index in [2.05, 4.69) is 49.9 Å². The summed E-state index contributed by atoms with van der Waals surface area (Å²) in [7, 11) is 3.24. The monoisotopic (exact) mass is 910 g/mol. The molecule has 0 aliphatic heterocycles. The summed E-state index contributed by atoms with van der Waals surface area (Å²) in [5.41, 5.74) is 7.94. The number of carbonyl (C=O) groups excluding carboxylic acids is 2. The zero-order chi connectivity index (χ0) is 47.0. The first kappa shape index (κ1) is 45.3. The van der Waals surface area contributed by atoms with Crippen molar-refractivity contribution in [2.45, 2.75) is 43.9 Å². The lowest BCUT2D eigenvalue weighted by molar-refractivity contribution is -0.119. The van der Waals surface area contributed by atoms with Gasteiger partial charge in [-0.15, -0.1) is 0 Å². The van der Waals surface area contributed by atoms with Crippen LogP contribution in [0.3, 0.4) is 0 Å². The quantitative estimate of drug-likeness (QED) is 0.0704. The Bertz CT molecular complexity index is 2900. The number of imidazole rings is 1. The largest absolute Gasteiger partial charge is 0.497 e. The summed E-state index contributed by atoms with van der Waals surface area (Å²) in [5, 5.41) is 16.7. The third kappa shape index (κ3) is 9.38. The predicted octanol–water partition coefficient (Wildman–Crippen LogP) is 8.87. The van der Waals surface area contributed by atoms with Crippen LogP contribution in [0.1, 0.15) is 56.6 Å². The van der Waals surface area contributed by atoms with E-state index in [0.717, 1.165) is 44.5 Å². The molecular formula is C54H50N6O8. The van der Waals surface area contributed by atoms with Crippen molar-refractivity contribution >= 4 is 29.0 Å². The maximum atomic E-state index is 13.5. The summed E-state index contributed by atoms with van der Waals surface area (Å²) in [6.07, 6.45) is 0.604. The van der Waals surface area contributed by atoms with Gasteiger partial charge in [0.05, 0.1) is 33.3 Å². The van der Waals surface area contributed by atoms with Gasteiger partial charge in [0, 0.05) is 18.0 Å². The molecule has 14 nitrogen and oxygen atoms in total. The van der Waals surface area contributed by atoms with Crippen molar-refractivity contribution in [1.82, 2.24) is 24.8 Å². The number of rotatable bonds is 18. The molecule has 0 bridgehead atoms. The molecule has 344 valence electrons. The minimum atomic E-state index is -1.12.